The van der Waals surface area contributed by atoms with Crippen molar-refractivity contribution in [3.8, 4) is 5.75 Å². The van der Waals surface area contributed by atoms with Crippen LogP contribution < -0.4 is 10.5 Å². The number of nitrogens with two attached hydrogens (primary N) is 1. The summed E-state index contributed by atoms with van der Waals surface area (Å²) in [6.07, 6.45) is 2.18. The first-order chi connectivity index (χ1) is 6.70. The van der Waals surface area contributed by atoms with Crippen LogP contribution >= 0.6 is 0 Å². The van der Waals surface area contributed by atoms with Gasteiger partial charge in [0.2, 0.25) is 0 Å². The summed E-state index contributed by atoms with van der Waals surface area (Å²) >= 11 is 0. The van der Waals surface area contributed by atoms with E-state index in [4.69, 9.17) is 15.6 Å². The Hall–Kier alpha value is -1.13. The summed E-state index contributed by atoms with van der Waals surface area (Å²) in [5.41, 5.74) is 7.58. The SMILES string of the molecule is COc1ccnc(C(N)CCO)c1C. The van der Waals surface area contributed by atoms with Crippen molar-refractivity contribution in [3.63, 3.8) is 0 Å². The van der Waals surface area contributed by atoms with E-state index >= 15 is 0 Å². The van der Waals surface area contributed by atoms with Gasteiger partial charge in [-0.25, -0.2) is 0 Å². The number of pyridine rings is 1. The van der Waals surface area contributed by atoms with Crippen molar-refractivity contribution in [2.45, 2.75) is 19.4 Å². The van der Waals surface area contributed by atoms with Crippen LogP contribution in [0.1, 0.15) is 23.7 Å². The number of aliphatic hydroxyl groups is 1. The minimum atomic E-state index is -0.227. The zero-order valence-corrected chi connectivity index (χ0v) is 8.53. The molecule has 4 nitrogen and oxygen atoms in total. The molecule has 0 amide bonds. The summed E-state index contributed by atoms with van der Waals surface area (Å²) in [7, 11) is 1.61. The standard InChI is InChI=1S/C10H16N2O2/c1-7-9(14-2)3-5-12-10(7)8(11)4-6-13/h3,5,8,13H,4,6,11H2,1-2H3. The van der Waals surface area contributed by atoms with Crippen LogP contribution in [0.3, 0.4) is 0 Å². The van der Waals surface area contributed by atoms with Gasteiger partial charge in [0.15, 0.2) is 0 Å². The summed E-state index contributed by atoms with van der Waals surface area (Å²) in [4.78, 5) is 4.19. The predicted molar refractivity (Wildman–Crippen MR) is 54.2 cm³/mol. The quantitative estimate of drug-likeness (QED) is 0.746. The van der Waals surface area contributed by atoms with Gasteiger partial charge in [-0.05, 0) is 19.4 Å². The molecule has 1 heterocycles. The molecule has 0 aliphatic carbocycles. The Morgan fingerprint density at radius 1 is 1.64 bits per heavy atom. The number of aliphatic hydroxyl groups excluding tert-OH is 1. The van der Waals surface area contributed by atoms with Gasteiger partial charge < -0.3 is 15.6 Å². The average Bonchev–Trinajstić information content (AvgIpc) is 2.18. The smallest absolute Gasteiger partial charge is 0.125 e. The number of aromatic nitrogens is 1. The summed E-state index contributed by atoms with van der Waals surface area (Å²) in [5.74, 6) is 0.781. The van der Waals surface area contributed by atoms with Crippen LogP contribution in [0.25, 0.3) is 0 Å². The van der Waals surface area contributed by atoms with Gasteiger partial charge in [-0.1, -0.05) is 0 Å². The molecule has 78 valence electrons. The van der Waals surface area contributed by atoms with Gasteiger partial charge in [-0.3, -0.25) is 4.98 Å². The van der Waals surface area contributed by atoms with E-state index in [9.17, 15) is 0 Å². The fraction of sp³-hybridized carbons (Fsp3) is 0.500. The maximum atomic E-state index is 8.78. The molecule has 1 aromatic rings. The fourth-order valence-corrected chi connectivity index (χ4v) is 1.40. The van der Waals surface area contributed by atoms with Crippen LogP contribution in [0.15, 0.2) is 12.3 Å². The molecule has 0 saturated heterocycles. The Kier molecular flexibility index (Phi) is 3.85. The highest BCUT2D eigenvalue weighted by Crippen LogP contribution is 2.23. The lowest BCUT2D eigenvalue weighted by Gasteiger charge is -2.14. The van der Waals surface area contributed by atoms with Crippen molar-refractivity contribution >= 4 is 0 Å². The first kappa shape index (κ1) is 10.9. The van der Waals surface area contributed by atoms with Gasteiger partial charge in [-0.2, -0.15) is 0 Å². The van der Waals surface area contributed by atoms with Gasteiger partial charge in [-0.15, -0.1) is 0 Å². The molecule has 0 bridgehead atoms. The highest BCUT2D eigenvalue weighted by atomic mass is 16.5. The summed E-state index contributed by atoms with van der Waals surface area (Å²) in [6.45, 7) is 1.98. The van der Waals surface area contributed by atoms with E-state index in [0.717, 1.165) is 17.0 Å². The minimum Gasteiger partial charge on any atom is -0.496 e. The summed E-state index contributed by atoms with van der Waals surface area (Å²) in [6, 6.07) is 1.57. The van der Waals surface area contributed by atoms with Crippen LogP contribution in [0.4, 0.5) is 0 Å². The molecule has 0 aliphatic rings. The van der Waals surface area contributed by atoms with E-state index in [2.05, 4.69) is 4.98 Å². The first-order valence-corrected chi connectivity index (χ1v) is 4.56. The molecule has 1 unspecified atom stereocenters. The van der Waals surface area contributed by atoms with Crippen LogP contribution in [-0.4, -0.2) is 23.8 Å². The Morgan fingerprint density at radius 2 is 2.36 bits per heavy atom. The van der Waals surface area contributed by atoms with Crippen molar-refractivity contribution in [2.75, 3.05) is 13.7 Å². The second-order valence-electron chi connectivity index (χ2n) is 3.14. The Labute approximate surface area is 83.7 Å². The first-order valence-electron chi connectivity index (χ1n) is 4.56. The second kappa shape index (κ2) is 4.93. The zero-order chi connectivity index (χ0) is 10.6. The largest absolute Gasteiger partial charge is 0.496 e. The normalized spacial score (nSPS) is 12.6. The van der Waals surface area contributed by atoms with Crippen molar-refractivity contribution in [3.05, 3.63) is 23.5 Å². The number of rotatable bonds is 4. The van der Waals surface area contributed by atoms with Crippen molar-refractivity contribution < 1.29 is 9.84 Å². The maximum Gasteiger partial charge on any atom is 0.125 e. The fourth-order valence-electron chi connectivity index (χ4n) is 1.40. The number of hydrogen-bond donors (Lipinski definition) is 2. The number of hydrogen-bond acceptors (Lipinski definition) is 4. The highest BCUT2D eigenvalue weighted by Gasteiger charge is 2.12. The molecular weight excluding hydrogens is 180 g/mol. The lowest BCUT2D eigenvalue weighted by atomic mass is 10.1. The molecule has 0 radical (unpaired) electrons. The molecule has 0 aliphatic heterocycles. The predicted octanol–water partition coefficient (Wildman–Crippen LogP) is 0.781. The molecule has 4 heteroatoms. The number of methoxy groups -OCH3 is 1. The van der Waals surface area contributed by atoms with Gasteiger partial charge in [0.1, 0.15) is 5.75 Å². The van der Waals surface area contributed by atoms with Crippen LogP contribution in [-0.2, 0) is 0 Å². The topological polar surface area (TPSA) is 68.4 Å². The molecule has 14 heavy (non-hydrogen) atoms. The van der Waals surface area contributed by atoms with Gasteiger partial charge >= 0.3 is 0 Å². The molecule has 1 atom stereocenters. The van der Waals surface area contributed by atoms with E-state index in [1.165, 1.54) is 0 Å². The van der Waals surface area contributed by atoms with E-state index in [1.807, 2.05) is 6.92 Å². The van der Waals surface area contributed by atoms with E-state index in [0.29, 0.717) is 6.42 Å². The third-order valence-corrected chi connectivity index (χ3v) is 2.20. The number of ether oxygens (including phenoxy) is 1. The van der Waals surface area contributed by atoms with Crippen molar-refractivity contribution in [1.29, 1.82) is 0 Å². The minimum absolute atomic E-state index is 0.0689. The second-order valence-corrected chi connectivity index (χ2v) is 3.14. The van der Waals surface area contributed by atoms with Crippen molar-refractivity contribution in [2.24, 2.45) is 5.73 Å². The van der Waals surface area contributed by atoms with Gasteiger partial charge in [0.25, 0.3) is 0 Å². The molecule has 0 spiro atoms. The molecule has 0 saturated carbocycles. The average molecular weight is 196 g/mol. The van der Waals surface area contributed by atoms with Crippen LogP contribution in [0.5, 0.6) is 5.75 Å². The number of nitrogens with zero attached hydrogens (tertiary/aromatic N) is 1. The van der Waals surface area contributed by atoms with Crippen LogP contribution in [0.2, 0.25) is 0 Å². The van der Waals surface area contributed by atoms with Crippen molar-refractivity contribution in [1.82, 2.24) is 4.98 Å². The molecule has 1 aromatic heterocycles. The highest BCUT2D eigenvalue weighted by molar-refractivity contribution is 5.35. The maximum absolute atomic E-state index is 8.78. The zero-order valence-electron chi connectivity index (χ0n) is 8.53. The molecule has 0 aromatic carbocycles. The van der Waals surface area contributed by atoms with E-state index in [-0.39, 0.29) is 12.6 Å². The molecule has 3 N–H and O–H groups in total. The van der Waals surface area contributed by atoms with Gasteiger partial charge in [0, 0.05) is 24.4 Å². The monoisotopic (exact) mass is 196 g/mol. The Morgan fingerprint density at radius 3 is 2.93 bits per heavy atom. The third kappa shape index (κ3) is 2.21. The Bertz CT molecular complexity index is 302. The summed E-state index contributed by atoms with van der Waals surface area (Å²) in [5, 5.41) is 8.78. The lowest BCUT2D eigenvalue weighted by Crippen LogP contribution is -2.15. The summed E-state index contributed by atoms with van der Waals surface area (Å²) < 4.78 is 5.16. The molecular formula is C10H16N2O2. The third-order valence-electron chi connectivity index (χ3n) is 2.20. The van der Waals surface area contributed by atoms with E-state index < -0.39 is 0 Å². The molecule has 1 rings (SSSR count). The lowest BCUT2D eigenvalue weighted by molar-refractivity contribution is 0.275. The molecule has 0 fully saturated rings. The van der Waals surface area contributed by atoms with Gasteiger partial charge in [0.05, 0.1) is 12.8 Å². The Balaban J connectivity index is 2.96. The van der Waals surface area contributed by atoms with E-state index in [1.54, 1.807) is 19.4 Å². The van der Waals surface area contributed by atoms with Crippen LogP contribution in [0, 0.1) is 6.92 Å².